The highest BCUT2D eigenvalue weighted by molar-refractivity contribution is 5.92. The molecule has 0 aromatic carbocycles. The Bertz CT molecular complexity index is 540. The number of aromatic amines is 1. The number of H-pyrrole nitrogens is 1. The minimum Gasteiger partial charge on any atom is -0.339 e. The van der Waals surface area contributed by atoms with Crippen LogP contribution in [0.25, 0.3) is 0 Å². The van der Waals surface area contributed by atoms with Crippen LogP contribution in [0, 0.1) is 11.8 Å². The summed E-state index contributed by atoms with van der Waals surface area (Å²) < 4.78 is 0. The normalized spacial score (nSPS) is 25.5. The van der Waals surface area contributed by atoms with Crippen molar-refractivity contribution in [1.29, 1.82) is 0 Å². The molecular weight excluding hydrogens is 280 g/mol. The van der Waals surface area contributed by atoms with Crippen LogP contribution in [0.3, 0.4) is 0 Å². The second-order valence-electron chi connectivity index (χ2n) is 6.82. The molecule has 1 aromatic heterocycles. The molecule has 0 aliphatic carbocycles. The number of piperidine rings is 2. The fourth-order valence-electron chi connectivity index (χ4n) is 3.71. The maximum absolute atomic E-state index is 12.4. The van der Waals surface area contributed by atoms with Gasteiger partial charge in [0.1, 0.15) is 5.69 Å². The first kappa shape index (κ1) is 15.1. The zero-order valence-electron chi connectivity index (χ0n) is 13.3. The lowest BCUT2D eigenvalue weighted by molar-refractivity contribution is -0.141. The van der Waals surface area contributed by atoms with E-state index in [1.165, 1.54) is 0 Å². The third kappa shape index (κ3) is 2.87. The molecule has 6 nitrogen and oxygen atoms in total. The van der Waals surface area contributed by atoms with Crippen LogP contribution in [0.4, 0.5) is 0 Å². The highest BCUT2D eigenvalue weighted by Crippen LogP contribution is 2.32. The van der Waals surface area contributed by atoms with E-state index >= 15 is 0 Å². The molecule has 2 fully saturated rings. The van der Waals surface area contributed by atoms with Crippen molar-refractivity contribution >= 4 is 11.8 Å². The molecule has 3 heterocycles. The molecule has 0 radical (unpaired) electrons. The predicted octanol–water partition coefficient (Wildman–Crippen LogP) is 1.52. The Morgan fingerprint density at radius 2 is 2.27 bits per heavy atom. The molecule has 3 rings (SSSR count). The predicted molar refractivity (Wildman–Crippen MR) is 82.2 cm³/mol. The molecular formula is C16H24N4O2. The molecule has 2 aliphatic rings. The Balaban J connectivity index is 1.69. The Kier molecular flexibility index (Phi) is 4.18. The second kappa shape index (κ2) is 6.10. The lowest BCUT2D eigenvalue weighted by Gasteiger charge is -2.47. The Morgan fingerprint density at radius 1 is 1.45 bits per heavy atom. The van der Waals surface area contributed by atoms with E-state index in [0.717, 1.165) is 25.9 Å². The van der Waals surface area contributed by atoms with Crippen LogP contribution in [-0.4, -0.2) is 57.5 Å². The van der Waals surface area contributed by atoms with Crippen LogP contribution in [-0.2, 0) is 4.79 Å². The molecule has 2 saturated heterocycles. The standard InChI is InChI=1S/C16H24N4O2/c1-11(2)9-20-14-6-8-19(10-12(14)3-4-15(20)21)16(22)13-5-7-17-18-13/h5,7,11-12,14H,3-4,6,8-10H2,1-2H3,(H,17,18). The zero-order valence-corrected chi connectivity index (χ0v) is 13.3. The smallest absolute Gasteiger partial charge is 0.271 e. The molecule has 22 heavy (non-hydrogen) atoms. The summed E-state index contributed by atoms with van der Waals surface area (Å²) in [5.41, 5.74) is 0.546. The quantitative estimate of drug-likeness (QED) is 0.920. The lowest BCUT2D eigenvalue weighted by Crippen LogP contribution is -2.57. The fraction of sp³-hybridized carbons (Fsp3) is 0.688. The van der Waals surface area contributed by atoms with E-state index in [0.29, 0.717) is 36.5 Å². The number of amides is 2. The van der Waals surface area contributed by atoms with Gasteiger partial charge in [0.2, 0.25) is 5.91 Å². The van der Waals surface area contributed by atoms with Crippen molar-refractivity contribution in [3.8, 4) is 0 Å². The Labute approximate surface area is 130 Å². The van der Waals surface area contributed by atoms with Crippen molar-refractivity contribution in [3.05, 3.63) is 18.0 Å². The molecule has 0 spiro atoms. The average Bonchev–Trinajstić information content (AvgIpc) is 3.03. The van der Waals surface area contributed by atoms with Gasteiger partial charge in [-0.15, -0.1) is 0 Å². The first-order valence-electron chi connectivity index (χ1n) is 8.14. The van der Waals surface area contributed by atoms with Gasteiger partial charge in [-0.2, -0.15) is 5.10 Å². The summed E-state index contributed by atoms with van der Waals surface area (Å²) in [6, 6.07) is 2.01. The summed E-state index contributed by atoms with van der Waals surface area (Å²) >= 11 is 0. The third-order valence-corrected chi connectivity index (χ3v) is 4.72. The van der Waals surface area contributed by atoms with Crippen molar-refractivity contribution < 1.29 is 9.59 Å². The van der Waals surface area contributed by atoms with Crippen molar-refractivity contribution in [2.45, 2.75) is 39.2 Å². The highest BCUT2D eigenvalue weighted by Gasteiger charge is 2.40. The number of carbonyl (C=O) groups excluding carboxylic acids is 2. The van der Waals surface area contributed by atoms with Crippen LogP contribution < -0.4 is 0 Å². The second-order valence-corrected chi connectivity index (χ2v) is 6.82. The summed E-state index contributed by atoms with van der Waals surface area (Å²) in [4.78, 5) is 28.6. The third-order valence-electron chi connectivity index (χ3n) is 4.72. The number of nitrogens with zero attached hydrogens (tertiary/aromatic N) is 3. The topological polar surface area (TPSA) is 69.3 Å². The fourth-order valence-corrected chi connectivity index (χ4v) is 3.71. The summed E-state index contributed by atoms with van der Waals surface area (Å²) in [5, 5.41) is 6.59. The maximum atomic E-state index is 12.4. The van der Waals surface area contributed by atoms with Gasteiger partial charge in [-0.25, -0.2) is 0 Å². The molecule has 0 bridgehead atoms. The van der Waals surface area contributed by atoms with Crippen molar-refractivity contribution in [2.24, 2.45) is 11.8 Å². The Morgan fingerprint density at radius 3 is 2.95 bits per heavy atom. The summed E-state index contributed by atoms with van der Waals surface area (Å²) in [5.74, 6) is 1.18. The zero-order chi connectivity index (χ0) is 15.7. The molecule has 2 aliphatic heterocycles. The van der Waals surface area contributed by atoms with Gasteiger partial charge in [0.25, 0.3) is 5.91 Å². The number of hydrogen-bond donors (Lipinski definition) is 1. The van der Waals surface area contributed by atoms with Crippen LogP contribution in [0.15, 0.2) is 12.3 Å². The van der Waals surface area contributed by atoms with Gasteiger partial charge < -0.3 is 9.80 Å². The van der Waals surface area contributed by atoms with E-state index in [4.69, 9.17) is 0 Å². The SMILES string of the molecule is CC(C)CN1C(=O)CCC2CN(C(=O)c3ccn[nH]3)CCC21. The average molecular weight is 304 g/mol. The van der Waals surface area contributed by atoms with Crippen molar-refractivity contribution in [3.63, 3.8) is 0 Å². The van der Waals surface area contributed by atoms with Gasteiger partial charge in [-0.3, -0.25) is 14.7 Å². The number of rotatable bonds is 3. The van der Waals surface area contributed by atoms with Crippen LogP contribution >= 0.6 is 0 Å². The molecule has 120 valence electrons. The summed E-state index contributed by atoms with van der Waals surface area (Å²) in [6.45, 7) is 6.57. The van der Waals surface area contributed by atoms with Gasteiger partial charge in [0.05, 0.1) is 0 Å². The van der Waals surface area contributed by atoms with E-state index < -0.39 is 0 Å². The number of likely N-dealkylation sites (tertiary alicyclic amines) is 2. The van der Waals surface area contributed by atoms with Gasteiger partial charge >= 0.3 is 0 Å². The molecule has 2 atom stereocenters. The van der Waals surface area contributed by atoms with E-state index in [1.807, 2.05) is 4.90 Å². The summed E-state index contributed by atoms with van der Waals surface area (Å²) in [6.07, 6.45) is 3.98. The number of aromatic nitrogens is 2. The molecule has 2 unspecified atom stereocenters. The van der Waals surface area contributed by atoms with Crippen molar-refractivity contribution in [2.75, 3.05) is 19.6 Å². The molecule has 2 amide bonds. The number of carbonyl (C=O) groups is 2. The van der Waals surface area contributed by atoms with E-state index in [9.17, 15) is 9.59 Å². The van der Waals surface area contributed by atoms with Crippen LogP contribution in [0.2, 0.25) is 0 Å². The van der Waals surface area contributed by atoms with Crippen LogP contribution in [0.5, 0.6) is 0 Å². The van der Waals surface area contributed by atoms with Crippen molar-refractivity contribution in [1.82, 2.24) is 20.0 Å². The van der Waals surface area contributed by atoms with E-state index in [1.54, 1.807) is 12.3 Å². The van der Waals surface area contributed by atoms with E-state index in [-0.39, 0.29) is 11.8 Å². The monoisotopic (exact) mass is 304 g/mol. The van der Waals surface area contributed by atoms with Gasteiger partial charge in [0.15, 0.2) is 0 Å². The molecule has 0 saturated carbocycles. The largest absolute Gasteiger partial charge is 0.339 e. The van der Waals surface area contributed by atoms with Gasteiger partial charge in [-0.1, -0.05) is 13.8 Å². The van der Waals surface area contributed by atoms with E-state index in [2.05, 4.69) is 28.9 Å². The first-order valence-corrected chi connectivity index (χ1v) is 8.14. The van der Waals surface area contributed by atoms with Gasteiger partial charge in [-0.05, 0) is 30.7 Å². The minimum atomic E-state index is 0.0169. The van der Waals surface area contributed by atoms with Crippen LogP contribution in [0.1, 0.15) is 43.6 Å². The number of nitrogens with one attached hydrogen (secondary N) is 1. The van der Waals surface area contributed by atoms with Gasteiger partial charge in [0, 0.05) is 38.3 Å². The number of fused-ring (bicyclic) bond motifs is 1. The number of hydrogen-bond acceptors (Lipinski definition) is 3. The molecule has 6 heteroatoms. The summed E-state index contributed by atoms with van der Waals surface area (Å²) in [7, 11) is 0. The maximum Gasteiger partial charge on any atom is 0.271 e. The lowest BCUT2D eigenvalue weighted by atomic mass is 9.83. The molecule has 1 aromatic rings. The Hall–Kier alpha value is -1.85. The highest BCUT2D eigenvalue weighted by atomic mass is 16.2. The first-order chi connectivity index (χ1) is 10.6. The molecule has 1 N–H and O–H groups in total. The minimum absolute atomic E-state index is 0.0169.